The first-order valence-electron chi connectivity index (χ1n) is 11.4. The zero-order valence-corrected chi connectivity index (χ0v) is 20.1. The largest absolute Gasteiger partial charge is 0.480 e. The number of aliphatic hydroxyl groups is 1. The fraction of sp³-hybridized carbons (Fsp3) is 0.762. The van der Waals surface area contributed by atoms with Crippen LogP contribution in [0.1, 0.15) is 59.3 Å². The van der Waals surface area contributed by atoms with Gasteiger partial charge in [0.15, 0.2) is 6.04 Å². The molecule has 13 heteroatoms. The number of amides is 4. The average Bonchev–Trinajstić information content (AvgIpc) is 2.72. The molecule has 0 aromatic rings. The first-order chi connectivity index (χ1) is 15.8. The van der Waals surface area contributed by atoms with Crippen molar-refractivity contribution in [3.05, 3.63) is 0 Å². The van der Waals surface area contributed by atoms with Gasteiger partial charge in [0.25, 0.3) is 0 Å². The molecular weight excluding hydrogens is 448 g/mol. The third-order valence-electron chi connectivity index (χ3n) is 5.00. The van der Waals surface area contributed by atoms with Gasteiger partial charge in [-0.1, -0.05) is 13.8 Å². The number of aliphatic carboxylic acids is 1. The standard InChI is InChI=1S/C21H40N6O7/c1-11(2)10-13(23)18(30)25-15(7-8-16(24)29)19(31)26-14(6-4-5-9-22)20(32)27-17(12(3)28)21(33)34/h11-15,17,28H,4-10,22-23H2,1-3H3,(H2,24,29)(H,25,30)(H,26,31)(H,27,32)(H,33,34). The number of nitrogens with one attached hydrogen (secondary N) is 3. The zero-order valence-electron chi connectivity index (χ0n) is 20.1. The highest BCUT2D eigenvalue weighted by molar-refractivity contribution is 5.94. The number of nitrogens with two attached hydrogens (primary N) is 3. The van der Waals surface area contributed by atoms with Gasteiger partial charge in [-0.05, 0) is 51.5 Å². The summed E-state index contributed by atoms with van der Waals surface area (Å²) in [7, 11) is 0. The molecule has 34 heavy (non-hydrogen) atoms. The van der Waals surface area contributed by atoms with Crippen molar-refractivity contribution < 1.29 is 34.2 Å². The molecule has 11 N–H and O–H groups in total. The molecule has 0 radical (unpaired) electrons. The molecule has 0 saturated carbocycles. The molecule has 0 aromatic heterocycles. The van der Waals surface area contributed by atoms with Crippen LogP contribution >= 0.6 is 0 Å². The maximum Gasteiger partial charge on any atom is 0.328 e. The summed E-state index contributed by atoms with van der Waals surface area (Å²) in [6, 6.07) is -4.83. The molecule has 0 aliphatic heterocycles. The highest BCUT2D eigenvalue weighted by Crippen LogP contribution is 2.07. The van der Waals surface area contributed by atoms with Gasteiger partial charge in [0.2, 0.25) is 23.6 Å². The summed E-state index contributed by atoms with van der Waals surface area (Å²) in [5, 5.41) is 26.0. The van der Waals surface area contributed by atoms with Crippen LogP contribution in [0.15, 0.2) is 0 Å². The lowest BCUT2D eigenvalue weighted by Crippen LogP contribution is -2.58. The number of carbonyl (C=O) groups is 5. The first kappa shape index (κ1) is 31.2. The minimum atomic E-state index is -1.58. The molecule has 5 atom stereocenters. The van der Waals surface area contributed by atoms with E-state index in [9.17, 15) is 34.2 Å². The van der Waals surface area contributed by atoms with Crippen molar-refractivity contribution in [1.29, 1.82) is 0 Å². The van der Waals surface area contributed by atoms with Gasteiger partial charge < -0.3 is 43.4 Å². The molecule has 0 saturated heterocycles. The highest BCUT2D eigenvalue weighted by Gasteiger charge is 2.31. The lowest BCUT2D eigenvalue weighted by Gasteiger charge is -2.26. The van der Waals surface area contributed by atoms with E-state index in [2.05, 4.69) is 16.0 Å². The number of unbranched alkanes of at least 4 members (excludes halogenated alkanes) is 1. The van der Waals surface area contributed by atoms with E-state index in [1.165, 1.54) is 6.92 Å². The van der Waals surface area contributed by atoms with Crippen LogP contribution in [0.4, 0.5) is 0 Å². The van der Waals surface area contributed by atoms with Gasteiger partial charge in [0.1, 0.15) is 12.1 Å². The van der Waals surface area contributed by atoms with Gasteiger partial charge in [-0.2, -0.15) is 0 Å². The molecule has 0 heterocycles. The molecular formula is C21H40N6O7. The number of primary amides is 1. The molecule has 196 valence electrons. The molecule has 4 amide bonds. The summed E-state index contributed by atoms with van der Waals surface area (Å²) in [6.07, 6.45) is -0.218. The second kappa shape index (κ2) is 16.0. The van der Waals surface area contributed by atoms with Gasteiger partial charge in [-0.3, -0.25) is 19.2 Å². The van der Waals surface area contributed by atoms with Gasteiger partial charge in [-0.15, -0.1) is 0 Å². The fourth-order valence-corrected chi connectivity index (χ4v) is 3.13. The summed E-state index contributed by atoms with van der Waals surface area (Å²) in [5.41, 5.74) is 16.5. The second-order valence-electron chi connectivity index (χ2n) is 8.71. The predicted octanol–water partition coefficient (Wildman–Crippen LogP) is -2.33. The molecule has 0 rings (SSSR count). The van der Waals surface area contributed by atoms with Crippen LogP contribution in [0.25, 0.3) is 0 Å². The van der Waals surface area contributed by atoms with Gasteiger partial charge >= 0.3 is 5.97 Å². The van der Waals surface area contributed by atoms with E-state index in [1.54, 1.807) is 0 Å². The molecule has 5 unspecified atom stereocenters. The van der Waals surface area contributed by atoms with Crippen molar-refractivity contribution >= 4 is 29.6 Å². The summed E-state index contributed by atoms with van der Waals surface area (Å²) in [6.45, 7) is 5.31. The summed E-state index contributed by atoms with van der Waals surface area (Å²) >= 11 is 0. The summed E-state index contributed by atoms with van der Waals surface area (Å²) in [4.78, 5) is 60.7. The Labute approximate surface area is 199 Å². The maximum absolute atomic E-state index is 12.9. The number of hydrogen-bond donors (Lipinski definition) is 8. The first-order valence-corrected chi connectivity index (χ1v) is 11.4. The molecule has 0 fully saturated rings. The van der Waals surface area contributed by atoms with Gasteiger partial charge in [0.05, 0.1) is 12.1 Å². The van der Waals surface area contributed by atoms with Crippen molar-refractivity contribution in [3.8, 4) is 0 Å². The Morgan fingerprint density at radius 2 is 1.38 bits per heavy atom. The molecule has 0 spiro atoms. The van der Waals surface area contributed by atoms with E-state index in [-0.39, 0.29) is 25.2 Å². The quantitative estimate of drug-likeness (QED) is 0.102. The Bertz CT molecular complexity index is 701. The SMILES string of the molecule is CC(C)CC(N)C(=O)NC(CCC(N)=O)C(=O)NC(CCCCN)C(=O)NC(C(=O)O)C(C)O. The topological polar surface area (TPSA) is 240 Å². The second-order valence-corrected chi connectivity index (χ2v) is 8.71. The lowest BCUT2D eigenvalue weighted by atomic mass is 10.0. The van der Waals surface area contributed by atoms with E-state index in [0.717, 1.165) is 0 Å². The Hall–Kier alpha value is -2.77. The van der Waals surface area contributed by atoms with E-state index in [4.69, 9.17) is 17.2 Å². The number of rotatable bonds is 17. The Balaban J connectivity index is 5.56. The van der Waals surface area contributed by atoms with Crippen LogP contribution in [0, 0.1) is 5.92 Å². The van der Waals surface area contributed by atoms with Crippen LogP contribution in [-0.4, -0.2) is 76.6 Å². The van der Waals surface area contributed by atoms with Crippen LogP contribution in [-0.2, 0) is 24.0 Å². The molecule has 0 aliphatic rings. The third-order valence-corrected chi connectivity index (χ3v) is 5.00. The van der Waals surface area contributed by atoms with Crippen LogP contribution < -0.4 is 33.2 Å². The summed E-state index contributed by atoms with van der Waals surface area (Å²) in [5.74, 6) is -4.18. The fourth-order valence-electron chi connectivity index (χ4n) is 3.13. The number of carboxylic acids is 1. The van der Waals surface area contributed by atoms with E-state index in [0.29, 0.717) is 25.8 Å². The normalized spacial score (nSPS) is 15.5. The van der Waals surface area contributed by atoms with E-state index >= 15 is 0 Å². The molecule has 13 nitrogen and oxygen atoms in total. The molecule has 0 bridgehead atoms. The van der Waals surface area contributed by atoms with Crippen molar-refractivity contribution in [1.82, 2.24) is 16.0 Å². The Morgan fingerprint density at radius 1 is 0.853 bits per heavy atom. The van der Waals surface area contributed by atoms with Crippen LogP contribution in [0.3, 0.4) is 0 Å². The van der Waals surface area contributed by atoms with Crippen LogP contribution in [0.2, 0.25) is 0 Å². The Morgan fingerprint density at radius 3 is 1.85 bits per heavy atom. The highest BCUT2D eigenvalue weighted by atomic mass is 16.4. The van der Waals surface area contributed by atoms with Crippen molar-refractivity contribution in [2.24, 2.45) is 23.1 Å². The number of carboxylic acid groups (broad SMARTS) is 1. The monoisotopic (exact) mass is 488 g/mol. The minimum absolute atomic E-state index is 0.121. The van der Waals surface area contributed by atoms with E-state index < -0.39 is 59.9 Å². The van der Waals surface area contributed by atoms with Crippen molar-refractivity contribution in [2.75, 3.05) is 6.54 Å². The predicted molar refractivity (Wildman–Crippen MR) is 124 cm³/mol. The van der Waals surface area contributed by atoms with Crippen LogP contribution in [0.5, 0.6) is 0 Å². The average molecular weight is 489 g/mol. The smallest absolute Gasteiger partial charge is 0.328 e. The number of hydrogen-bond acceptors (Lipinski definition) is 8. The third kappa shape index (κ3) is 12.5. The number of carbonyl (C=O) groups excluding carboxylic acids is 4. The Kier molecular flexibility index (Phi) is 14.7. The lowest BCUT2D eigenvalue weighted by molar-refractivity contribution is -0.145. The maximum atomic E-state index is 12.9. The number of aliphatic hydroxyl groups excluding tert-OH is 1. The van der Waals surface area contributed by atoms with Gasteiger partial charge in [-0.25, -0.2) is 4.79 Å². The molecule has 0 aliphatic carbocycles. The minimum Gasteiger partial charge on any atom is -0.480 e. The van der Waals surface area contributed by atoms with Crippen molar-refractivity contribution in [2.45, 2.75) is 89.6 Å². The zero-order chi connectivity index (χ0) is 26.4. The summed E-state index contributed by atoms with van der Waals surface area (Å²) < 4.78 is 0. The molecule has 0 aromatic carbocycles. The van der Waals surface area contributed by atoms with Crippen molar-refractivity contribution in [3.63, 3.8) is 0 Å². The van der Waals surface area contributed by atoms with Gasteiger partial charge in [0, 0.05) is 6.42 Å². The van der Waals surface area contributed by atoms with E-state index in [1.807, 2.05) is 13.8 Å².